The van der Waals surface area contributed by atoms with Crippen LogP contribution in [0, 0.1) is 13.8 Å². The van der Waals surface area contributed by atoms with Crippen molar-refractivity contribution in [1.82, 2.24) is 4.98 Å². The second-order valence-corrected chi connectivity index (χ2v) is 6.45. The molecule has 3 heteroatoms. The maximum Gasteiger partial charge on any atom is 0.0121 e. The van der Waals surface area contributed by atoms with E-state index in [4.69, 9.17) is 4.98 Å². The van der Waals surface area contributed by atoms with Crippen molar-refractivity contribution >= 4 is 0 Å². The number of hydrogen-bond donors (Lipinski definition) is 0. The Morgan fingerprint density at radius 1 is 0.737 bits per heavy atom. The summed E-state index contributed by atoms with van der Waals surface area (Å²) in [5, 5.41) is 0. The Labute approximate surface area is 167 Å². The number of hydrogen-bond acceptors (Lipinski definition) is 0. The van der Waals surface area contributed by atoms with Crippen LogP contribution in [0.3, 0.4) is 0 Å². The topological polar surface area (TPSA) is 14.1 Å². The van der Waals surface area contributed by atoms with Gasteiger partial charge in [0.15, 0.2) is 0 Å². The predicted molar refractivity (Wildman–Crippen MR) is 71.5 cm³/mol. The third-order valence-corrected chi connectivity index (χ3v) is 5.76. The second kappa shape index (κ2) is 5.45. The molecule has 0 saturated carbocycles. The zero-order chi connectivity index (χ0) is 12.6. The molecular formula is C16H22NY2-. The summed E-state index contributed by atoms with van der Waals surface area (Å²) in [4.78, 5) is 4.77. The van der Waals surface area contributed by atoms with Crippen LogP contribution in [-0.4, -0.2) is 0 Å². The molecule has 1 aromatic rings. The largest absolute Gasteiger partial charge is 0.665 e. The quantitative estimate of drug-likeness (QED) is 0.596. The first-order valence-electron chi connectivity index (χ1n) is 6.65. The van der Waals surface area contributed by atoms with Crippen LogP contribution in [-0.2, 0) is 76.2 Å². The van der Waals surface area contributed by atoms with Gasteiger partial charge in [-0.2, -0.15) is 11.4 Å². The summed E-state index contributed by atoms with van der Waals surface area (Å²) in [7, 11) is 0. The predicted octanol–water partition coefficient (Wildman–Crippen LogP) is 3.91. The molecule has 1 nitrogen and oxygen atoms in total. The van der Waals surface area contributed by atoms with Gasteiger partial charge >= 0.3 is 0 Å². The molecule has 3 aliphatic rings. The molecule has 19 heavy (non-hydrogen) atoms. The van der Waals surface area contributed by atoms with Gasteiger partial charge in [-0.15, -0.1) is 0 Å². The summed E-state index contributed by atoms with van der Waals surface area (Å²) in [5.74, 6) is 0. The number of allylic oxidation sites excluding steroid dienone is 2. The maximum absolute atomic E-state index is 4.77. The first kappa shape index (κ1) is 18.3. The van der Waals surface area contributed by atoms with Gasteiger partial charge in [-0.3, -0.25) is 0 Å². The first-order chi connectivity index (χ1) is 7.82. The fourth-order valence-corrected chi connectivity index (χ4v) is 4.40. The van der Waals surface area contributed by atoms with Gasteiger partial charge in [0, 0.05) is 76.2 Å². The SMILES string of the molecule is CC1=C(C)C2(C)CCC1(C)c1c(C)[n-]c(C)c12.[Y].[Y]. The summed E-state index contributed by atoms with van der Waals surface area (Å²) < 4.78 is 0. The molecule has 2 bridgehead atoms. The van der Waals surface area contributed by atoms with Gasteiger partial charge in [0.05, 0.1) is 0 Å². The van der Waals surface area contributed by atoms with Gasteiger partial charge in [0.2, 0.25) is 0 Å². The van der Waals surface area contributed by atoms with Crippen molar-refractivity contribution in [3.63, 3.8) is 0 Å². The fraction of sp³-hybridized carbons (Fsp3) is 0.625. The molecule has 1 heterocycles. The van der Waals surface area contributed by atoms with Crippen LogP contribution in [0.4, 0.5) is 0 Å². The zero-order valence-electron chi connectivity index (χ0n) is 13.0. The normalized spacial score (nSPS) is 31.7. The van der Waals surface area contributed by atoms with Crippen LogP contribution < -0.4 is 4.98 Å². The minimum Gasteiger partial charge on any atom is -0.665 e. The summed E-state index contributed by atoms with van der Waals surface area (Å²) in [6.45, 7) is 13.9. The third-order valence-electron chi connectivity index (χ3n) is 5.76. The van der Waals surface area contributed by atoms with Crippen LogP contribution >= 0.6 is 0 Å². The maximum atomic E-state index is 4.77. The van der Waals surface area contributed by atoms with Gasteiger partial charge in [0.25, 0.3) is 0 Å². The molecule has 4 rings (SSSR count). The van der Waals surface area contributed by atoms with E-state index < -0.39 is 0 Å². The third kappa shape index (κ3) is 2.09. The van der Waals surface area contributed by atoms with Crippen molar-refractivity contribution in [1.29, 1.82) is 0 Å². The molecule has 0 N–H and O–H groups in total. The van der Waals surface area contributed by atoms with Crippen molar-refractivity contribution in [2.75, 3.05) is 0 Å². The standard InChI is InChI=1S/C16H22N.2Y/c1-9-10(2)16(6)8-7-15(9,5)13-11(3)17-12(4)14(13)16;;/h7-8H2,1-6H3;;/q-1;;. The second-order valence-electron chi connectivity index (χ2n) is 6.45. The fourth-order valence-electron chi connectivity index (χ4n) is 4.40. The number of aryl methyl sites for hydroxylation is 2. The summed E-state index contributed by atoms with van der Waals surface area (Å²) in [5.41, 5.74) is 9.31. The molecule has 2 atom stereocenters. The van der Waals surface area contributed by atoms with E-state index in [9.17, 15) is 0 Å². The van der Waals surface area contributed by atoms with Crippen LogP contribution in [0.1, 0.15) is 63.1 Å². The van der Waals surface area contributed by atoms with Crippen molar-refractivity contribution in [3.05, 3.63) is 33.7 Å². The van der Waals surface area contributed by atoms with E-state index in [-0.39, 0.29) is 76.2 Å². The minimum absolute atomic E-state index is 0. The summed E-state index contributed by atoms with van der Waals surface area (Å²) >= 11 is 0. The number of aromatic nitrogens is 1. The van der Waals surface area contributed by atoms with Crippen LogP contribution in [0.25, 0.3) is 0 Å². The molecule has 3 aliphatic carbocycles. The summed E-state index contributed by atoms with van der Waals surface area (Å²) in [6.07, 6.45) is 2.57. The van der Waals surface area contributed by atoms with E-state index in [0.29, 0.717) is 0 Å². The Morgan fingerprint density at radius 3 is 1.37 bits per heavy atom. The van der Waals surface area contributed by atoms with Crippen molar-refractivity contribution in [2.45, 2.75) is 65.2 Å². The molecule has 0 amide bonds. The van der Waals surface area contributed by atoms with Gasteiger partial charge in [-0.05, 0) is 26.7 Å². The molecule has 0 spiro atoms. The molecule has 0 aliphatic heterocycles. The van der Waals surface area contributed by atoms with Gasteiger partial charge in [0.1, 0.15) is 0 Å². The van der Waals surface area contributed by atoms with Crippen LogP contribution in [0.15, 0.2) is 11.1 Å². The van der Waals surface area contributed by atoms with E-state index in [2.05, 4.69) is 41.5 Å². The Hall–Kier alpha value is 1.23. The van der Waals surface area contributed by atoms with E-state index in [0.717, 1.165) is 0 Å². The van der Waals surface area contributed by atoms with E-state index in [1.807, 2.05) is 0 Å². The molecule has 2 unspecified atom stereocenters. The Morgan fingerprint density at radius 2 is 1.05 bits per heavy atom. The molecule has 1 aromatic heterocycles. The van der Waals surface area contributed by atoms with Gasteiger partial charge in [-0.1, -0.05) is 50.0 Å². The Bertz CT molecular complexity index is 509. The molecular weight excluding hydrogens is 384 g/mol. The zero-order valence-corrected chi connectivity index (χ0v) is 18.7. The minimum atomic E-state index is 0. The van der Waals surface area contributed by atoms with E-state index in [1.54, 1.807) is 22.3 Å². The van der Waals surface area contributed by atoms with Crippen LogP contribution in [0.5, 0.6) is 0 Å². The number of nitrogens with zero attached hydrogens (tertiary/aromatic N) is 1. The first-order valence-corrected chi connectivity index (χ1v) is 6.65. The monoisotopic (exact) mass is 406 g/mol. The van der Waals surface area contributed by atoms with E-state index in [1.165, 1.54) is 24.2 Å². The number of fused-ring (bicyclic) bond motifs is 1. The Balaban J connectivity index is 0.000000902. The molecule has 0 saturated heterocycles. The van der Waals surface area contributed by atoms with Crippen molar-refractivity contribution in [2.24, 2.45) is 0 Å². The molecule has 2 radical (unpaired) electrons. The average molecular weight is 406 g/mol. The van der Waals surface area contributed by atoms with Crippen molar-refractivity contribution in [3.8, 4) is 0 Å². The molecule has 98 valence electrons. The van der Waals surface area contributed by atoms with Gasteiger partial charge in [-0.25, -0.2) is 0 Å². The van der Waals surface area contributed by atoms with Crippen molar-refractivity contribution < 1.29 is 65.4 Å². The van der Waals surface area contributed by atoms with E-state index >= 15 is 0 Å². The average Bonchev–Trinajstić information content (AvgIpc) is 2.58. The smallest absolute Gasteiger partial charge is 0.0121 e. The van der Waals surface area contributed by atoms with Crippen LogP contribution in [0.2, 0.25) is 0 Å². The molecule has 0 fully saturated rings. The Kier molecular flexibility index (Phi) is 5.25. The molecule has 0 aromatic carbocycles. The van der Waals surface area contributed by atoms with Gasteiger partial charge < -0.3 is 4.98 Å². The number of rotatable bonds is 0. The summed E-state index contributed by atoms with van der Waals surface area (Å²) in [6, 6.07) is 0.